The van der Waals surface area contributed by atoms with Crippen molar-refractivity contribution in [2.24, 2.45) is 0 Å². The highest BCUT2D eigenvalue weighted by molar-refractivity contribution is 5.89. The van der Waals surface area contributed by atoms with Crippen molar-refractivity contribution < 1.29 is 14.1 Å². The Morgan fingerprint density at radius 1 is 1.50 bits per heavy atom. The SMILES string of the molecule is CNC(=O)c1noc(CN2CC(Oc3cccc(C)c3)C2)n1. The summed E-state index contributed by atoms with van der Waals surface area (Å²) in [7, 11) is 1.53. The summed E-state index contributed by atoms with van der Waals surface area (Å²) >= 11 is 0. The summed E-state index contributed by atoms with van der Waals surface area (Å²) in [4.78, 5) is 17.5. The molecule has 1 aromatic heterocycles. The lowest BCUT2D eigenvalue weighted by molar-refractivity contribution is 0.00861. The van der Waals surface area contributed by atoms with Crippen LogP contribution in [0.1, 0.15) is 22.1 Å². The molecule has 2 aromatic rings. The lowest BCUT2D eigenvalue weighted by atomic mass is 10.1. The number of benzene rings is 1. The third kappa shape index (κ3) is 3.25. The molecule has 7 nitrogen and oxygen atoms in total. The monoisotopic (exact) mass is 302 g/mol. The van der Waals surface area contributed by atoms with Crippen LogP contribution in [0.15, 0.2) is 28.8 Å². The largest absolute Gasteiger partial charge is 0.488 e. The van der Waals surface area contributed by atoms with E-state index in [4.69, 9.17) is 9.26 Å². The lowest BCUT2D eigenvalue weighted by Crippen LogP contribution is -2.53. The molecule has 1 amide bonds. The minimum absolute atomic E-state index is 0.0607. The fourth-order valence-corrected chi connectivity index (χ4v) is 2.32. The van der Waals surface area contributed by atoms with Gasteiger partial charge in [0.2, 0.25) is 5.89 Å². The maximum Gasteiger partial charge on any atom is 0.292 e. The zero-order chi connectivity index (χ0) is 15.5. The number of nitrogens with zero attached hydrogens (tertiary/aromatic N) is 3. The summed E-state index contributed by atoms with van der Waals surface area (Å²) in [6.07, 6.45) is 0.170. The molecule has 0 saturated carbocycles. The van der Waals surface area contributed by atoms with Gasteiger partial charge in [-0.25, -0.2) is 0 Å². The van der Waals surface area contributed by atoms with Crippen LogP contribution in [0.4, 0.5) is 0 Å². The molecule has 7 heteroatoms. The topological polar surface area (TPSA) is 80.5 Å². The molecule has 0 radical (unpaired) electrons. The van der Waals surface area contributed by atoms with Gasteiger partial charge in [-0.2, -0.15) is 4.98 Å². The Labute approximate surface area is 128 Å². The first kappa shape index (κ1) is 14.5. The fourth-order valence-electron chi connectivity index (χ4n) is 2.32. The van der Waals surface area contributed by atoms with Gasteiger partial charge < -0.3 is 14.6 Å². The van der Waals surface area contributed by atoms with Crippen molar-refractivity contribution in [3.63, 3.8) is 0 Å². The smallest absolute Gasteiger partial charge is 0.292 e. The highest BCUT2D eigenvalue weighted by Gasteiger charge is 2.30. The van der Waals surface area contributed by atoms with Crippen LogP contribution in [0.25, 0.3) is 0 Å². The van der Waals surface area contributed by atoms with Crippen molar-refractivity contribution in [3.8, 4) is 5.75 Å². The molecule has 0 spiro atoms. The minimum atomic E-state index is -0.348. The second-order valence-corrected chi connectivity index (χ2v) is 5.34. The molecule has 1 aliphatic rings. The number of carbonyl (C=O) groups excluding carboxylic acids is 1. The molecule has 3 rings (SSSR count). The van der Waals surface area contributed by atoms with E-state index in [-0.39, 0.29) is 17.8 Å². The number of nitrogens with one attached hydrogen (secondary N) is 1. The standard InChI is InChI=1S/C15H18N4O3/c1-10-4-3-5-11(6-10)21-12-7-19(8-12)9-13-17-14(18-22-13)15(20)16-2/h3-6,12H,7-9H2,1-2H3,(H,16,20). The van der Waals surface area contributed by atoms with Crippen LogP contribution >= 0.6 is 0 Å². The Kier molecular flexibility index (Phi) is 4.06. The number of hydrogen-bond donors (Lipinski definition) is 1. The molecule has 0 aliphatic carbocycles. The van der Waals surface area contributed by atoms with E-state index in [2.05, 4.69) is 20.4 Å². The fraction of sp³-hybridized carbons (Fsp3) is 0.400. The Bertz CT molecular complexity index is 664. The summed E-state index contributed by atoms with van der Waals surface area (Å²) in [6.45, 7) is 4.16. The van der Waals surface area contributed by atoms with E-state index in [0.29, 0.717) is 12.4 Å². The number of ether oxygens (including phenoxy) is 1. The van der Waals surface area contributed by atoms with E-state index in [9.17, 15) is 4.79 Å². The van der Waals surface area contributed by atoms with E-state index in [1.165, 1.54) is 12.6 Å². The van der Waals surface area contributed by atoms with Crippen LogP contribution in [0.2, 0.25) is 0 Å². The normalized spacial score (nSPS) is 15.4. The average molecular weight is 302 g/mol. The zero-order valence-electron chi connectivity index (χ0n) is 12.6. The minimum Gasteiger partial charge on any atom is -0.488 e. The predicted molar refractivity (Wildman–Crippen MR) is 78.6 cm³/mol. The van der Waals surface area contributed by atoms with Crippen molar-refractivity contribution in [3.05, 3.63) is 41.5 Å². The lowest BCUT2D eigenvalue weighted by Gasteiger charge is -2.38. The zero-order valence-corrected chi connectivity index (χ0v) is 12.6. The predicted octanol–water partition coefficient (Wildman–Crippen LogP) is 1.00. The second-order valence-electron chi connectivity index (χ2n) is 5.34. The Hall–Kier alpha value is -2.41. The van der Waals surface area contributed by atoms with E-state index < -0.39 is 0 Å². The molecule has 22 heavy (non-hydrogen) atoms. The van der Waals surface area contributed by atoms with Gasteiger partial charge >= 0.3 is 0 Å². The van der Waals surface area contributed by atoms with Crippen molar-refractivity contribution >= 4 is 5.91 Å². The highest BCUT2D eigenvalue weighted by Crippen LogP contribution is 2.20. The quantitative estimate of drug-likeness (QED) is 0.887. The first-order valence-electron chi connectivity index (χ1n) is 7.14. The maximum atomic E-state index is 11.3. The molecule has 1 saturated heterocycles. The average Bonchev–Trinajstić information content (AvgIpc) is 2.93. The summed E-state index contributed by atoms with van der Waals surface area (Å²) in [6, 6.07) is 8.01. The first-order chi connectivity index (χ1) is 10.6. The van der Waals surface area contributed by atoms with Crippen molar-refractivity contribution in [2.45, 2.75) is 19.6 Å². The van der Waals surface area contributed by atoms with Gasteiger partial charge in [0.25, 0.3) is 11.7 Å². The second kappa shape index (κ2) is 6.15. The van der Waals surface area contributed by atoms with Gasteiger partial charge in [-0.15, -0.1) is 0 Å². The summed E-state index contributed by atoms with van der Waals surface area (Å²) in [5.41, 5.74) is 1.18. The van der Waals surface area contributed by atoms with Crippen molar-refractivity contribution in [1.29, 1.82) is 0 Å². The van der Waals surface area contributed by atoms with Crippen molar-refractivity contribution in [1.82, 2.24) is 20.4 Å². The number of aromatic nitrogens is 2. The van der Waals surface area contributed by atoms with Gasteiger partial charge in [-0.1, -0.05) is 17.3 Å². The van der Waals surface area contributed by atoms with E-state index in [1.807, 2.05) is 31.2 Å². The molecule has 2 heterocycles. The van der Waals surface area contributed by atoms with E-state index in [1.54, 1.807) is 0 Å². The molecule has 1 fully saturated rings. The van der Waals surface area contributed by atoms with Gasteiger partial charge in [0.05, 0.1) is 6.54 Å². The van der Waals surface area contributed by atoms with Crippen LogP contribution in [-0.2, 0) is 6.54 Å². The number of rotatable bonds is 5. The number of carbonyl (C=O) groups is 1. The molecule has 1 aromatic carbocycles. The summed E-state index contributed by atoms with van der Waals surface area (Å²) < 4.78 is 10.9. The molecule has 1 aliphatic heterocycles. The molecular weight excluding hydrogens is 284 g/mol. The van der Waals surface area contributed by atoms with Crippen LogP contribution in [0, 0.1) is 6.92 Å². The Balaban J connectivity index is 1.47. The number of aryl methyl sites for hydroxylation is 1. The molecule has 116 valence electrons. The van der Waals surface area contributed by atoms with Gasteiger partial charge in [-0.05, 0) is 24.6 Å². The van der Waals surface area contributed by atoms with Crippen LogP contribution < -0.4 is 10.1 Å². The molecular formula is C15H18N4O3. The highest BCUT2D eigenvalue weighted by atomic mass is 16.5. The Morgan fingerprint density at radius 3 is 3.05 bits per heavy atom. The number of likely N-dealkylation sites (tertiary alicyclic amines) is 1. The molecule has 0 atom stereocenters. The Morgan fingerprint density at radius 2 is 2.32 bits per heavy atom. The maximum absolute atomic E-state index is 11.3. The third-order valence-electron chi connectivity index (χ3n) is 3.47. The van der Waals surface area contributed by atoms with Gasteiger partial charge in [-0.3, -0.25) is 9.69 Å². The number of amides is 1. The van der Waals surface area contributed by atoms with E-state index >= 15 is 0 Å². The molecule has 0 unspecified atom stereocenters. The summed E-state index contributed by atoms with van der Waals surface area (Å²) in [5, 5.41) is 6.10. The van der Waals surface area contributed by atoms with Crippen LogP contribution in [0.5, 0.6) is 5.75 Å². The molecule has 1 N–H and O–H groups in total. The first-order valence-corrected chi connectivity index (χ1v) is 7.14. The van der Waals surface area contributed by atoms with Crippen LogP contribution in [0.3, 0.4) is 0 Å². The van der Waals surface area contributed by atoms with E-state index in [0.717, 1.165) is 18.8 Å². The van der Waals surface area contributed by atoms with Gasteiger partial charge in [0, 0.05) is 20.1 Å². The van der Waals surface area contributed by atoms with Crippen LogP contribution in [-0.4, -0.2) is 47.2 Å². The van der Waals surface area contributed by atoms with Gasteiger partial charge in [0.1, 0.15) is 11.9 Å². The number of hydrogen-bond acceptors (Lipinski definition) is 6. The molecule has 0 bridgehead atoms. The van der Waals surface area contributed by atoms with Gasteiger partial charge in [0.15, 0.2) is 0 Å². The third-order valence-corrected chi connectivity index (χ3v) is 3.47. The van der Waals surface area contributed by atoms with Crippen molar-refractivity contribution in [2.75, 3.05) is 20.1 Å². The summed E-state index contributed by atoms with van der Waals surface area (Å²) in [5.74, 6) is 1.04.